The molecule has 1 aliphatic heterocycles. The molecule has 1 N–H and O–H groups in total. The van der Waals surface area contributed by atoms with E-state index in [0.717, 1.165) is 55.5 Å². The first-order chi connectivity index (χ1) is 12.5. The molecule has 1 aliphatic rings. The average Bonchev–Trinajstić information content (AvgIpc) is 2.85. The molecule has 2 heterocycles. The average molecular weight is 355 g/mol. The van der Waals surface area contributed by atoms with Gasteiger partial charge in [-0.1, -0.05) is 24.3 Å². The van der Waals surface area contributed by atoms with Crippen molar-refractivity contribution in [3.63, 3.8) is 0 Å². The predicted molar refractivity (Wildman–Crippen MR) is 99.7 cm³/mol. The summed E-state index contributed by atoms with van der Waals surface area (Å²) in [6.45, 7) is 3.78. The van der Waals surface area contributed by atoms with Crippen LogP contribution in [0.2, 0.25) is 0 Å². The molecule has 0 saturated carbocycles. The van der Waals surface area contributed by atoms with E-state index in [1.54, 1.807) is 0 Å². The first-order valence-electron chi connectivity index (χ1n) is 9.09. The minimum Gasteiger partial charge on any atom is -0.480 e. The molecule has 0 bridgehead atoms. The lowest BCUT2D eigenvalue weighted by Gasteiger charge is -2.28. The number of carboxylic acids is 1. The summed E-state index contributed by atoms with van der Waals surface area (Å²) in [6.07, 6.45) is 2.58. The van der Waals surface area contributed by atoms with Gasteiger partial charge in [-0.05, 0) is 37.9 Å². The van der Waals surface area contributed by atoms with Crippen molar-refractivity contribution < 1.29 is 14.7 Å². The molecule has 1 saturated heterocycles. The van der Waals surface area contributed by atoms with Gasteiger partial charge in [0.25, 0.3) is 0 Å². The van der Waals surface area contributed by atoms with E-state index in [1.165, 1.54) is 11.8 Å². The van der Waals surface area contributed by atoms with Gasteiger partial charge in [-0.25, -0.2) is 0 Å². The summed E-state index contributed by atoms with van der Waals surface area (Å²) in [6, 6.07) is 12.2. The number of hydrogen-bond acceptors (Lipinski definition) is 4. The van der Waals surface area contributed by atoms with Crippen molar-refractivity contribution in [3.8, 4) is 0 Å². The summed E-state index contributed by atoms with van der Waals surface area (Å²) in [5.74, 6) is -1.12. The number of likely N-dealkylation sites (tertiary alicyclic amines) is 1. The highest BCUT2D eigenvalue weighted by atomic mass is 16.4. The Balaban J connectivity index is 1.64. The Labute approximate surface area is 153 Å². The third-order valence-corrected chi connectivity index (χ3v) is 4.98. The Bertz CT molecular complexity index is 793. The highest BCUT2D eigenvalue weighted by molar-refractivity contribution is 5.80. The molecule has 138 valence electrons. The van der Waals surface area contributed by atoms with Crippen LogP contribution >= 0.6 is 0 Å². The van der Waals surface area contributed by atoms with Crippen LogP contribution < -0.4 is 0 Å². The zero-order valence-corrected chi connectivity index (χ0v) is 15.1. The Morgan fingerprint density at radius 1 is 1.19 bits per heavy atom. The number of para-hydroxylation sites is 1. The fourth-order valence-corrected chi connectivity index (χ4v) is 3.68. The molecule has 1 atom stereocenters. The number of hydrogen-bond donors (Lipinski definition) is 1. The number of carbonyl (C=O) groups is 2. The van der Waals surface area contributed by atoms with E-state index in [9.17, 15) is 9.59 Å². The van der Waals surface area contributed by atoms with Crippen molar-refractivity contribution in [2.75, 3.05) is 19.6 Å². The maximum Gasteiger partial charge on any atom is 0.323 e. The number of carbonyl (C=O) groups excluding carboxylic acids is 1. The molecule has 1 unspecified atom stereocenters. The van der Waals surface area contributed by atoms with Crippen LogP contribution in [0.3, 0.4) is 0 Å². The maximum absolute atomic E-state index is 11.8. The van der Waals surface area contributed by atoms with Gasteiger partial charge in [0.15, 0.2) is 0 Å². The summed E-state index contributed by atoms with van der Waals surface area (Å²) in [5.41, 5.74) is 2.04. The van der Waals surface area contributed by atoms with Crippen LogP contribution in [0, 0.1) is 0 Å². The summed E-state index contributed by atoms with van der Waals surface area (Å²) < 4.78 is 0. The smallest absolute Gasteiger partial charge is 0.323 e. The van der Waals surface area contributed by atoms with Gasteiger partial charge in [0.05, 0.1) is 11.2 Å². The summed E-state index contributed by atoms with van der Waals surface area (Å²) in [7, 11) is 0. The fraction of sp³-hybridized carbons (Fsp3) is 0.450. The number of aromatic nitrogens is 1. The minimum atomic E-state index is -0.957. The molecule has 3 rings (SSSR count). The molecule has 0 spiro atoms. The second kappa shape index (κ2) is 8.27. The highest BCUT2D eigenvalue weighted by Crippen LogP contribution is 2.19. The maximum atomic E-state index is 11.8. The molecule has 26 heavy (non-hydrogen) atoms. The van der Waals surface area contributed by atoms with Crippen LogP contribution in [-0.2, 0) is 16.1 Å². The molecular formula is C20H25N3O3. The number of pyridine rings is 1. The van der Waals surface area contributed by atoms with Crippen molar-refractivity contribution in [2.24, 2.45) is 0 Å². The van der Waals surface area contributed by atoms with Crippen molar-refractivity contribution in [1.29, 1.82) is 0 Å². The molecule has 1 aromatic heterocycles. The third-order valence-electron chi connectivity index (χ3n) is 4.98. The lowest BCUT2D eigenvalue weighted by Crippen LogP contribution is -2.42. The number of aliphatic carboxylic acids is 1. The van der Waals surface area contributed by atoms with Crippen LogP contribution in [0.4, 0.5) is 0 Å². The van der Waals surface area contributed by atoms with E-state index in [-0.39, 0.29) is 18.5 Å². The first kappa shape index (κ1) is 18.3. The number of amides is 1. The summed E-state index contributed by atoms with van der Waals surface area (Å²) in [4.78, 5) is 31.5. The fourth-order valence-electron chi connectivity index (χ4n) is 3.68. The number of rotatable bonds is 5. The highest BCUT2D eigenvalue weighted by Gasteiger charge is 2.26. The molecular weight excluding hydrogens is 330 g/mol. The normalized spacial score (nSPS) is 18.4. The SMILES string of the molecule is CC(=O)N(CC(=O)O)C1CCCN(Cc2ccc3ccccc3n2)CC1. The van der Waals surface area contributed by atoms with Gasteiger partial charge in [0.2, 0.25) is 5.91 Å². The van der Waals surface area contributed by atoms with Gasteiger partial charge in [-0.15, -0.1) is 0 Å². The molecule has 1 aromatic carbocycles. The second-order valence-electron chi connectivity index (χ2n) is 6.90. The van der Waals surface area contributed by atoms with E-state index in [2.05, 4.69) is 23.1 Å². The second-order valence-corrected chi connectivity index (χ2v) is 6.90. The van der Waals surface area contributed by atoms with Crippen molar-refractivity contribution in [1.82, 2.24) is 14.8 Å². The Morgan fingerprint density at radius 2 is 2.00 bits per heavy atom. The number of carboxylic acid groups (broad SMARTS) is 1. The third kappa shape index (κ3) is 4.58. The van der Waals surface area contributed by atoms with E-state index < -0.39 is 5.97 Å². The van der Waals surface area contributed by atoms with Gasteiger partial charge in [-0.3, -0.25) is 19.5 Å². The molecule has 0 aliphatic carbocycles. The van der Waals surface area contributed by atoms with Crippen LogP contribution in [-0.4, -0.2) is 57.4 Å². The van der Waals surface area contributed by atoms with Gasteiger partial charge < -0.3 is 10.0 Å². The zero-order valence-electron chi connectivity index (χ0n) is 15.1. The number of fused-ring (bicyclic) bond motifs is 1. The van der Waals surface area contributed by atoms with E-state index in [4.69, 9.17) is 10.1 Å². The largest absolute Gasteiger partial charge is 0.480 e. The Kier molecular flexibility index (Phi) is 5.83. The van der Waals surface area contributed by atoms with Crippen LogP contribution in [0.25, 0.3) is 10.9 Å². The molecule has 6 nitrogen and oxygen atoms in total. The monoisotopic (exact) mass is 355 g/mol. The van der Waals surface area contributed by atoms with Gasteiger partial charge in [0, 0.05) is 31.4 Å². The zero-order chi connectivity index (χ0) is 18.5. The van der Waals surface area contributed by atoms with Crippen molar-refractivity contribution in [2.45, 2.75) is 38.8 Å². The molecule has 1 fully saturated rings. The standard InChI is InChI=1S/C20H25N3O3/c1-15(24)23(14-20(25)26)18-6-4-11-22(12-10-18)13-17-9-8-16-5-2-3-7-19(16)21-17/h2-3,5,7-9,18H,4,6,10-14H2,1H3,(H,25,26). The predicted octanol–water partition coefficient (Wildman–Crippen LogP) is 2.52. The minimum absolute atomic E-state index is 0.00170. The summed E-state index contributed by atoms with van der Waals surface area (Å²) >= 11 is 0. The van der Waals surface area contributed by atoms with Crippen molar-refractivity contribution in [3.05, 3.63) is 42.1 Å². The molecule has 6 heteroatoms. The van der Waals surface area contributed by atoms with E-state index >= 15 is 0 Å². The Hall–Kier alpha value is -2.47. The van der Waals surface area contributed by atoms with Crippen molar-refractivity contribution >= 4 is 22.8 Å². The molecule has 2 aromatic rings. The lowest BCUT2D eigenvalue weighted by atomic mass is 10.1. The van der Waals surface area contributed by atoms with Gasteiger partial charge >= 0.3 is 5.97 Å². The van der Waals surface area contributed by atoms with E-state index in [1.807, 2.05) is 18.2 Å². The topological polar surface area (TPSA) is 73.7 Å². The first-order valence-corrected chi connectivity index (χ1v) is 9.09. The lowest BCUT2D eigenvalue weighted by molar-refractivity contribution is -0.145. The van der Waals surface area contributed by atoms with Crippen LogP contribution in [0.1, 0.15) is 31.9 Å². The molecule has 0 radical (unpaired) electrons. The van der Waals surface area contributed by atoms with Gasteiger partial charge in [-0.2, -0.15) is 0 Å². The quantitative estimate of drug-likeness (QED) is 0.892. The number of benzene rings is 1. The van der Waals surface area contributed by atoms with Crippen LogP contribution in [0.5, 0.6) is 0 Å². The van der Waals surface area contributed by atoms with E-state index in [0.29, 0.717) is 0 Å². The summed E-state index contributed by atoms with van der Waals surface area (Å²) in [5, 5.41) is 10.2. The molecule has 1 amide bonds. The Morgan fingerprint density at radius 3 is 2.77 bits per heavy atom. The van der Waals surface area contributed by atoms with Crippen LogP contribution in [0.15, 0.2) is 36.4 Å². The van der Waals surface area contributed by atoms with Gasteiger partial charge in [0.1, 0.15) is 6.54 Å². The number of nitrogens with zero attached hydrogens (tertiary/aromatic N) is 3.